The Hall–Kier alpha value is -5.29. The van der Waals surface area contributed by atoms with Crippen LogP contribution < -0.4 is 5.32 Å². The lowest BCUT2D eigenvalue weighted by Crippen LogP contribution is -2.51. The molecular formula is C46H47N5O4. The number of nitrogens with zero attached hydrogens (tertiary/aromatic N) is 4. The second-order valence-corrected chi connectivity index (χ2v) is 14.6. The summed E-state index contributed by atoms with van der Waals surface area (Å²) < 4.78 is 13.6. The molecule has 1 amide bonds. The molecule has 2 saturated heterocycles. The summed E-state index contributed by atoms with van der Waals surface area (Å²) in [5, 5.41) is 12.7. The number of carbonyl (C=O) groups is 1. The number of aliphatic hydroxyl groups excluding tert-OH is 1. The highest BCUT2D eigenvalue weighted by atomic mass is 16.7. The van der Waals surface area contributed by atoms with E-state index in [9.17, 15) is 9.90 Å². The highest BCUT2D eigenvalue weighted by Crippen LogP contribution is 2.42. The summed E-state index contributed by atoms with van der Waals surface area (Å²) in [4.78, 5) is 27.0. The number of benzene rings is 5. The first-order valence-corrected chi connectivity index (χ1v) is 19.2. The monoisotopic (exact) mass is 733 g/mol. The van der Waals surface area contributed by atoms with Crippen LogP contribution >= 0.6 is 0 Å². The quantitative estimate of drug-likeness (QED) is 0.143. The van der Waals surface area contributed by atoms with E-state index in [2.05, 4.69) is 105 Å². The van der Waals surface area contributed by atoms with Gasteiger partial charge in [0.25, 0.3) is 5.91 Å². The maximum absolute atomic E-state index is 13.1. The van der Waals surface area contributed by atoms with Gasteiger partial charge in [0.2, 0.25) is 0 Å². The predicted octanol–water partition coefficient (Wildman–Crippen LogP) is 7.33. The van der Waals surface area contributed by atoms with Crippen LogP contribution in [0.4, 0.5) is 0 Å². The molecule has 2 N–H and O–H groups in total. The fraction of sp³-hybridized carbons (Fsp3) is 0.283. The topological polar surface area (TPSA) is 100 Å². The number of para-hydroxylation sites is 2. The van der Waals surface area contributed by atoms with Crippen molar-refractivity contribution >= 4 is 16.9 Å². The number of amides is 1. The van der Waals surface area contributed by atoms with Crippen LogP contribution in [0.25, 0.3) is 22.2 Å². The minimum atomic E-state index is -0.547. The highest BCUT2D eigenvalue weighted by Gasteiger charge is 2.39. The van der Waals surface area contributed by atoms with Gasteiger partial charge in [-0.3, -0.25) is 19.6 Å². The maximum Gasteiger partial charge on any atom is 0.271 e. The van der Waals surface area contributed by atoms with Gasteiger partial charge < -0.3 is 19.9 Å². The van der Waals surface area contributed by atoms with Gasteiger partial charge in [-0.1, -0.05) is 122 Å². The van der Waals surface area contributed by atoms with Crippen molar-refractivity contribution < 1.29 is 19.4 Å². The van der Waals surface area contributed by atoms with E-state index in [-0.39, 0.29) is 36.3 Å². The van der Waals surface area contributed by atoms with Gasteiger partial charge in [-0.25, -0.2) is 4.98 Å². The Morgan fingerprint density at radius 2 is 1.42 bits per heavy atom. The molecule has 2 aliphatic heterocycles. The minimum absolute atomic E-state index is 0.00690. The molecule has 4 atom stereocenters. The summed E-state index contributed by atoms with van der Waals surface area (Å²) in [6, 6.07) is 42.8. The number of nitrogens with one attached hydrogen (secondary N) is 1. The van der Waals surface area contributed by atoms with Crippen molar-refractivity contribution in [2.45, 2.75) is 45.1 Å². The maximum atomic E-state index is 13.1. The first kappa shape index (κ1) is 36.7. The van der Waals surface area contributed by atoms with E-state index >= 15 is 0 Å². The molecule has 9 nitrogen and oxygen atoms in total. The fourth-order valence-electron chi connectivity index (χ4n) is 7.66. The second-order valence-electron chi connectivity index (χ2n) is 14.6. The van der Waals surface area contributed by atoms with Crippen molar-refractivity contribution in [2.75, 3.05) is 32.7 Å². The van der Waals surface area contributed by atoms with Crippen LogP contribution in [0.5, 0.6) is 0 Å². The molecule has 55 heavy (non-hydrogen) atoms. The Morgan fingerprint density at radius 3 is 2.18 bits per heavy atom. The van der Waals surface area contributed by atoms with Gasteiger partial charge in [0, 0.05) is 57.3 Å². The fourth-order valence-corrected chi connectivity index (χ4v) is 7.66. The molecule has 0 radical (unpaired) electrons. The van der Waals surface area contributed by atoms with Gasteiger partial charge in [-0.15, -0.1) is 0 Å². The van der Waals surface area contributed by atoms with Crippen molar-refractivity contribution in [3.8, 4) is 11.1 Å². The summed E-state index contributed by atoms with van der Waals surface area (Å²) in [5.74, 6) is -0.158. The van der Waals surface area contributed by atoms with Crippen LogP contribution in [-0.4, -0.2) is 69.6 Å². The summed E-state index contributed by atoms with van der Waals surface area (Å²) in [6.45, 7) is 8.40. The van der Waals surface area contributed by atoms with Gasteiger partial charge in [-0.2, -0.15) is 0 Å². The normalized spacial score (nSPS) is 20.7. The Kier molecular flexibility index (Phi) is 11.3. The first-order chi connectivity index (χ1) is 27.0. The Balaban J connectivity index is 0.964. The zero-order chi connectivity index (χ0) is 37.6. The van der Waals surface area contributed by atoms with Crippen molar-refractivity contribution in [2.24, 2.45) is 5.92 Å². The van der Waals surface area contributed by atoms with E-state index in [0.717, 1.165) is 78.2 Å². The van der Waals surface area contributed by atoms with Gasteiger partial charge in [0.15, 0.2) is 6.29 Å². The smallest absolute Gasteiger partial charge is 0.271 e. The Bertz CT molecular complexity index is 2190. The summed E-state index contributed by atoms with van der Waals surface area (Å²) in [5.41, 5.74) is 9.04. The Labute approximate surface area is 322 Å². The van der Waals surface area contributed by atoms with Crippen molar-refractivity contribution in [3.63, 3.8) is 0 Å². The van der Waals surface area contributed by atoms with E-state index in [1.165, 1.54) is 11.8 Å². The molecule has 280 valence electrons. The second kappa shape index (κ2) is 17.0. The minimum Gasteiger partial charge on any atom is -0.392 e. The number of hydrogen-bond acceptors (Lipinski definition) is 8. The molecule has 3 heterocycles. The van der Waals surface area contributed by atoms with Crippen molar-refractivity contribution in [1.29, 1.82) is 0 Å². The highest BCUT2D eigenvalue weighted by molar-refractivity contribution is 5.93. The van der Waals surface area contributed by atoms with E-state index in [0.29, 0.717) is 12.1 Å². The van der Waals surface area contributed by atoms with Crippen LogP contribution in [0.1, 0.15) is 57.6 Å². The lowest BCUT2D eigenvalue weighted by atomic mass is 9.89. The average molecular weight is 734 g/mol. The molecule has 6 aromatic rings. The number of rotatable bonds is 11. The average Bonchev–Trinajstić information content (AvgIpc) is 3.24. The summed E-state index contributed by atoms with van der Waals surface area (Å²) in [6.07, 6.45) is 0.755. The standard InChI is InChI=1S/C46H47N5O4/c1-32-43(30-51-25-23-50(24-26-51)29-33-9-3-2-4-10-33)54-46(55-44(32)36-17-15-34(31-52)16-18-36)37-21-19-35(20-22-37)39-12-6-5-11-38(39)27-48-45(53)42-28-47-40-13-7-8-14-41(40)49-42/h2-22,28,32,43-44,46,52H,23-27,29-31H2,1H3,(H,48,53)/t32-,43+,44+,46+/m0/s1. The van der Waals surface area contributed by atoms with E-state index in [1.807, 2.05) is 54.6 Å². The summed E-state index contributed by atoms with van der Waals surface area (Å²) in [7, 11) is 0. The van der Waals surface area contributed by atoms with Crippen molar-refractivity contribution in [3.05, 3.63) is 167 Å². The molecule has 0 unspecified atom stereocenters. The largest absolute Gasteiger partial charge is 0.392 e. The molecule has 0 spiro atoms. The van der Waals surface area contributed by atoms with Gasteiger partial charge in [0.1, 0.15) is 5.69 Å². The van der Waals surface area contributed by atoms with Crippen LogP contribution in [0.2, 0.25) is 0 Å². The third-order valence-electron chi connectivity index (χ3n) is 10.9. The lowest BCUT2D eigenvalue weighted by molar-refractivity contribution is -0.276. The molecule has 2 aliphatic rings. The van der Waals surface area contributed by atoms with Crippen LogP contribution in [0.15, 0.2) is 134 Å². The number of aromatic nitrogens is 2. The number of piperazine rings is 1. The number of fused-ring (bicyclic) bond motifs is 1. The Morgan fingerprint density at radius 1 is 0.745 bits per heavy atom. The number of ether oxygens (including phenoxy) is 2. The molecule has 0 aliphatic carbocycles. The van der Waals surface area contributed by atoms with Gasteiger partial charge >= 0.3 is 0 Å². The van der Waals surface area contributed by atoms with E-state index in [4.69, 9.17) is 9.47 Å². The van der Waals surface area contributed by atoms with Crippen LogP contribution in [-0.2, 0) is 29.2 Å². The number of hydrogen-bond donors (Lipinski definition) is 2. The zero-order valence-electron chi connectivity index (χ0n) is 31.1. The number of aliphatic hydroxyl groups is 1. The first-order valence-electron chi connectivity index (χ1n) is 19.2. The van der Waals surface area contributed by atoms with E-state index < -0.39 is 6.29 Å². The lowest BCUT2D eigenvalue weighted by Gasteiger charge is -2.44. The SMILES string of the molecule is C[C@H]1[C@@H](CN2CCN(Cc3ccccc3)CC2)O[C@@H](c2ccc(-c3ccccc3CNC(=O)c3cnc4ccccc4n3)cc2)O[C@H]1c1ccc(CO)cc1. The summed E-state index contributed by atoms with van der Waals surface area (Å²) >= 11 is 0. The molecule has 1 aromatic heterocycles. The third kappa shape index (κ3) is 8.67. The third-order valence-corrected chi connectivity index (χ3v) is 10.9. The molecule has 0 bridgehead atoms. The van der Waals surface area contributed by atoms with E-state index in [1.54, 1.807) is 0 Å². The molecular weight excluding hydrogens is 687 g/mol. The number of carbonyl (C=O) groups excluding carboxylic acids is 1. The van der Waals surface area contributed by atoms with Crippen LogP contribution in [0.3, 0.4) is 0 Å². The predicted molar refractivity (Wildman–Crippen MR) is 214 cm³/mol. The molecule has 0 saturated carbocycles. The zero-order valence-corrected chi connectivity index (χ0v) is 31.1. The molecule has 9 heteroatoms. The van der Waals surface area contributed by atoms with Gasteiger partial charge in [-0.05, 0) is 45.5 Å². The van der Waals surface area contributed by atoms with Gasteiger partial charge in [0.05, 0.1) is 36.0 Å². The van der Waals surface area contributed by atoms with Crippen LogP contribution in [0, 0.1) is 5.92 Å². The molecule has 5 aromatic carbocycles. The molecule has 8 rings (SSSR count). The molecule has 2 fully saturated rings. The van der Waals surface area contributed by atoms with Crippen molar-refractivity contribution in [1.82, 2.24) is 25.1 Å².